The van der Waals surface area contributed by atoms with Gasteiger partial charge in [-0.15, -0.1) is 0 Å². The van der Waals surface area contributed by atoms with E-state index in [-0.39, 0.29) is 0 Å². The predicted octanol–water partition coefficient (Wildman–Crippen LogP) is 7.65. The summed E-state index contributed by atoms with van der Waals surface area (Å²) in [5, 5.41) is 18.6. The van der Waals surface area contributed by atoms with Gasteiger partial charge in [-0.05, 0) is 65.2 Å². The van der Waals surface area contributed by atoms with Crippen LogP contribution in [0.2, 0.25) is 15.2 Å². The molecule has 5 nitrogen and oxygen atoms in total. The Morgan fingerprint density at radius 2 is 1.56 bits per heavy atom. The lowest BCUT2D eigenvalue weighted by Gasteiger charge is -2.30. The van der Waals surface area contributed by atoms with Crippen LogP contribution in [0.25, 0.3) is 16.6 Å². The van der Waals surface area contributed by atoms with E-state index in [1.807, 2.05) is 60.8 Å². The number of benzene rings is 3. The van der Waals surface area contributed by atoms with E-state index in [2.05, 4.69) is 15.1 Å². The Morgan fingerprint density at radius 3 is 2.26 bits per heavy atom. The molecular formula is C31H21Cl3N4O. The van der Waals surface area contributed by atoms with Gasteiger partial charge in [0.2, 0.25) is 0 Å². The Morgan fingerprint density at radius 1 is 0.795 bits per heavy atom. The molecule has 0 saturated carbocycles. The summed E-state index contributed by atoms with van der Waals surface area (Å²) >= 11 is 19.8. The van der Waals surface area contributed by atoms with Crippen LogP contribution in [0, 0.1) is 0 Å². The molecule has 3 aromatic carbocycles. The van der Waals surface area contributed by atoms with Crippen molar-refractivity contribution in [3.05, 3.63) is 153 Å². The van der Waals surface area contributed by atoms with Crippen molar-refractivity contribution < 1.29 is 5.11 Å². The molecule has 0 aliphatic rings. The highest BCUT2D eigenvalue weighted by molar-refractivity contribution is 6.39. The summed E-state index contributed by atoms with van der Waals surface area (Å²) in [5.74, 6) is 0. The van der Waals surface area contributed by atoms with Gasteiger partial charge < -0.3 is 5.11 Å². The third kappa shape index (κ3) is 4.79. The van der Waals surface area contributed by atoms with Crippen LogP contribution in [-0.4, -0.2) is 24.9 Å². The van der Waals surface area contributed by atoms with Gasteiger partial charge in [-0.1, -0.05) is 71.2 Å². The lowest BCUT2D eigenvalue weighted by Crippen LogP contribution is -2.29. The smallest absolute Gasteiger partial charge is 0.142 e. The Hall–Kier alpha value is -3.74. The van der Waals surface area contributed by atoms with Crippen molar-refractivity contribution in [2.24, 2.45) is 0 Å². The van der Waals surface area contributed by atoms with E-state index in [9.17, 15) is 5.11 Å². The van der Waals surface area contributed by atoms with Crippen molar-refractivity contribution in [2.75, 3.05) is 0 Å². The summed E-state index contributed by atoms with van der Waals surface area (Å²) in [4.78, 5) is 8.87. The molecule has 8 heteroatoms. The summed E-state index contributed by atoms with van der Waals surface area (Å²) in [6.07, 6.45) is 7.45. The number of halogens is 3. The Balaban J connectivity index is 1.44. The van der Waals surface area contributed by atoms with Gasteiger partial charge in [0.25, 0.3) is 0 Å². The van der Waals surface area contributed by atoms with Crippen LogP contribution in [0.4, 0.5) is 0 Å². The largest absolute Gasteiger partial charge is 0.376 e. The van der Waals surface area contributed by atoms with Gasteiger partial charge in [-0.25, -0.2) is 9.67 Å². The molecule has 0 aliphatic heterocycles. The van der Waals surface area contributed by atoms with E-state index in [0.717, 1.165) is 11.3 Å². The van der Waals surface area contributed by atoms with Gasteiger partial charge in [-0.2, -0.15) is 5.10 Å². The second-order valence-corrected chi connectivity index (χ2v) is 10.4. The van der Waals surface area contributed by atoms with Gasteiger partial charge >= 0.3 is 0 Å². The van der Waals surface area contributed by atoms with E-state index in [1.165, 1.54) is 0 Å². The van der Waals surface area contributed by atoms with Crippen molar-refractivity contribution in [1.82, 2.24) is 19.7 Å². The lowest BCUT2D eigenvalue weighted by molar-refractivity contribution is 0.125. The average molecular weight is 572 g/mol. The topological polar surface area (TPSA) is 63.8 Å². The fourth-order valence-electron chi connectivity index (χ4n) is 4.77. The zero-order valence-corrected chi connectivity index (χ0v) is 22.7. The van der Waals surface area contributed by atoms with Crippen LogP contribution < -0.4 is 0 Å². The minimum atomic E-state index is -1.50. The lowest BCUT2D eigenvalue weighted by atomic mass is 9.80. The quantitative estimate of drug-likeness (QED) is 0.209. The fraction of sp³-hybridized carbons (Fsp3) is 0.0645. The molecule has 0 bridgehead atoms. The van der Waals surface area contributed by atoms with Crippen LogP contribution in [-0.2, 0) is 12.0 Å². The second-order valence-electron chi connectivity index (χ2n) is 9.18. The minimum absolute atomic E-state index is 0.344. The Bertz CT molecular complexity index is 1760. The molecule has 39 heavy (non-hydrogen) atoms. The zero-order chi connectivity index (χ0) is 27.0. The van der Waals surface area contributed by atoms with Gasteiger partial charge in [0, 0.05) is 52.7 Å². The summed E-state index contributed by atoms with van der Waals surface area (Å²) < 4.78 is 1.80. The molecule has 0 spiro atoms. The summed E-state index contributed by atoms with van der Waals surface area (Å²) in [6, 6.07) is 26.2. The zero-order valence-electron chi connectivity index (χ0n) is 20.5. The van der Waals surface area contributed by atoms with Gasteiger partial charge in [0.15, 0.2) is 0 Å². The van der Waals surface area contributed by atoms with Gasteiger partial charge in [-0.3, -0.25) is 4.98 Å². The van der Waals surface area contributed by atoms with Crippen molar-refractivity contribution >= 4 is 45.7 Å². The maximum absolute atomic E-state index is 12.3. The van der Waals surface area contributed by atoms with Crippen LogP contribution in [0.1, 0.15) is 27.8 Å². The Labute approximate surface area is 240 Å². The van der Waals surface area contributed by atoms with Crippen LogP contribution in [0.15, 0.2) is 110 Å². The molecule has 0 radical (unpaired) electrons. The molecule has 1 atom stereocenters. The van der Waals surface area contributed by atoms with Gasteiger partial charge in [0.1, 0.15) is 10.8 Å². The number of nitrogens with zero attached hydrogens (tertiary/aromatic N) is 4. The average Bonchev–Trinajstić information content (AvgIpc) is 3.51. The molecule has 0 amide bonds. The monoisotopic (exact) mass is 570 g/mol. The number of rotatable bonds is 6. The number of aromatic nitrogens is 4. The molecule has 192 valence electrons. The summed E-state index contributed by atoms with van der Waals surface area (Å²) in [7, 11) is 0. The number of pyridine rings is 2. The summed E-state index contributed by atoms with van der Waals surface area (Å²) in [6.45, 7) is 0. The summed E-state index contributed by atoms with van der Waals surface area (Å²) in [5.41, 5.74) is 3.71. The SMILES string of the molecule is OC(c1ccc(Cl)cc1)(c1cccnc1)c1ccc2nc(Cl)c(Cc3ccc(-n4cccn4)cc3)c(Cl)c2c1. The fourth-order valence-corrected chi connectivity index (χ4v) is 5.51. The van der Waals surface area contributed by atoms with E-state index in [1.54, 1.807) is 53.6 Å². The van der Waals surface area contributed by atoms with Gasteiger partial charge in [0.05, 0.1) is 16.2 Å². The van der Waals surface area contributed by atoms with E-state index >= 15 is 0 Å². The van der Waals surface area contributed by atoms with Crippen molar-refractivity contribution in [3.8, 4) is 5.69 Å². The number of aliphatic hydroxyl groups is 1. The highest BCUT2D eigenvalue weighted by Crippen LogP contribution is 2.40. The number of fused-ring (bicyclic) bond motifs is 1. The van der Waals surface area contributed by atoms with Crippen molar-refractivity contribution in [2.45, 2.75) is 12.0 Å². The maximum atomic E-state index is 12.3. The predicted molar refractivity (Wildman–Crippen MR) is 156 cm³/mol. The first-order valence-corrected chi connectivity index (χ1v) is 13.3. The first-order valence-electron chi connectivity index (χ1n) is 12.2. The molecule has 0 fully saturated rings. The van der Waals surface area contributed by atoms with Crippen molar-refractivity contribution in [1.29, 1.82) is 0 Å². The molecule has 6 rings (SSSR count). The second kappa shape index (κ2) is 10.4. The van der Waals surface area contributed by atoms with E-state index in [4.69, 9.17) is 34.8 Å². The van der Waals surface area contributed by atoms with Crippen LogP contribution in [0.5, 0.6) is 0 Å². The van der Waals surface area contributed by atoms with Crippen LogP contribution in [0.3, 0.4) is 0 Å². The third-order valence-electron chi connectivity index (χ3n) is 6.81. The highest BCUT2D eigenvalue weighted by Gasteiger charge is 2.34. The molecule has 0 aliphatic carbocycles. The van der Waals surface area contributed by atoms with E-state index in [0.29, 0.717) is 54.8 Å². The van der Waals surface area contributed by atoms with Crippen molar-refractivity contribution in [3.63, 3.8) is 0 Å². The highest BCUT2D eigenvalue weighted by atomic mass is 35.5. The molecular weight excluding hydrogens is 551 g/mol. The molecule has 3 aromatic heterocycles. The third-order valence-corrected chi connectivity index (χ3v) is 7.81. The standard InChI is InChI=1S/C31H21Cl3N4O/c32-24-9-6-21(7-10-24)31(39,23-3-1-14-35-19-23)22-8-13-28-26(18-22)29(33)27(30(34)37-28)17-20-4-11-25(12-5-20)38-16-2-15-36-38/h1-16,18-19,39H,17H2. The maximum Gasteiger partial charge on any atom is 0.142 e. The molecule has 0 saturated heterocycles. The minimum Gasteiger partial charge on any atom is -0.376 e. The molecule has 3 heterocycles. The molecule has 1 N–H and O–H groups in total. The first kappa shape index (κ1) is 25.5. The number of hydrogen-bond acceptors (Lipinski definition) is 4. The molecule has 1 unspecified atom stereocenters. The first-order chi connectivity index (χ1) is 18.9. The van der Waals surface area contributed by atoms with E-state index < -0.39 is 5.60 Å². The Kier molecular flexibility index (Phi) is 6.83. The molecule has 6 aromatic rings. The van der Waals surface area contributed by atoms with Crippen LogP contribution >= 0.6 is 34.8 Å². The number of hydrogen-bond donors (Lipinski definition) is 1. The normalized spacial score (nSPS) is 12.9.